The normalized spacial score (nSPS) is 31.8. The number of carbonyl (C=O) groups excluding carboxylic acids is 1. The van der Waals surface area contributed by atoms with Crippen molar-refractivity contribution in [3.8, 4) is 0 Å². The van der Waals surface area contributed by atoms with Gasteiger partial charge in [-0.1, -0.05) is 0 Å². The van der Waals surface area contributed by atoms with E-state index >= 15 is 0 Å². The summed E-state index contributed by atoms with van der Waals surface area (Å²) in [5.74, 6) is 2.35. The summed E-state index contributed by atoms with van der Waals surface area (Å²) in [6, 6.07) is 0. The van der Waals surface area contributed by atoms with E-state index < -0.39 is 0 Å². The Morgan fingerprint density at radius 3 is 2.35 bits per heavy atom. The number of hydrogen-bond donors (Lipinski definition) is 0. The average molecular weight is 280 g/mol. The van der Waals surface area contributed by atoms with Gasteiger partial charge in [0.15, 0.2) is 0 Å². The molecule has 0 spiro atoms. The van der Waals surface area contributed by atoms with Gasteiger partial charge in [-0.2, -0.15) is 0 Å². The number of methoxy groups -OCH3 is 1. The van der Waals surface area contributed by atoms with Gasteiger partial charge in [0.1, 0.15) is 0 Å². The molecule has 0 radical (unpaired) electrons. The maximum Gasteiger partial charge on any atom is 0.225 e. The highest BCUT2D eigenvalue weighted by Crippen LogP contribution is 2.37. The molecule has 4 heteroatoms. The van der Waals surface area contributed by atoms with Crippen LogP contribution in [0.15, 0.2) is 0 Å². The maximum absolute atomic E-state index is 12.7. The molecule has 2 saturated heterocycles. The van der Waals surface area contributed by atoms with Gasteiger partial charge in [-0.05, 0) is 57.0 Å². The minimum atomic E-state index is 0.284. The van der Waals surface area contributed by atoms with Crippen LogP contribution in [0.4, 0.5) is 0 Å². The third kappa shape index (κ3) is 3.17. The van der Waals surface area contributed by atoms with Crippen molar-refractivity contribution in [3.63, 3.8) is 0 Å². The standard InChI is InChI=1S/C16H28N2O2/c1-20-9-8-17-6-4-15(5-7-17)16(19)18-11-13-2-3-14(10-13)12-18/h13-15H,2-12H2,1H3/t13-,14+. The smallest absolute Gasteiger partial charge is 0.225 e. The number of likely N-dealkylation sites (tertiary alicyclic amines) is 2. The van der Waals surface area contributed by atoms with Crippen LogP contribution in [-0.4, -0.2) is 62.1 Å². The highest BCUT2D eigenvalue weighted by molar-refractivity contribution is 5.79. The van der Waals surface area contributed by atoms with Crippen molar-refractivity contribution >= 4 is 5.91 Å². The molecular formula is C16H28N2O2. The molecule has 3 fully saturated rings. The van der Waals surface area contributed by atoms with E-state index in [2.05, 4.69) is 9.80 Å². The third-order valence-corrected chi connectivity index (χ3v) is 5.47. The first-order valence-electron chi connectivity index (χ1n) is 8.26. The Labute approximate surface area is 122 Å². The topological polar surface area (TPSA) is 32.8 Å². The molecule has 0 unspecified atom stereocenters. The molecule has 20 heavy (non-hydrogen) atoms. The Morgan fingerprint density at radius 2 is 1.75 bits per heavy atom. The van der Waals surface area contributed by atoms with Gasteiger partial charge in [-0.25, -0.2) is 0 Å². The third-order valence-electron chi connectivity index (χ3n) is 5.47. The molecule has 114 valence electrons. The van der Waals surface area contributed by atoms with Crippen molar-refractivity contribution in [1.82, 2.24) is 9.80 Å². The molecule has 2 heterocycles. The summed E-state index contributed by atoms with van der Waals surface area (Å²) in [5.41, 5.74) is 0. The molecule has 2 atom stereocenters. The van der Waals surface area contributed by atoms with Gasteiger partial charge in [0, 0.05) is 32.7 Å². The lowest BCUT2D eigenvalue weighted by atomic mass is 9.92. The first-order valence-corrected chi connectivity index (χ1v) is 8.26. The molecule has 0 aromatic carbocycles. The minimum absolute atomic E-state index is 0.284. The number of ether oxygens (including phenoxy) is 1. The summed E-state index contributed by atoms with van der Waals surface area (Å²) in [6.45, 7) is 6.00. The molecule has 1 aliphatic carbocycles. The zero-order chi connectivity index (χ0) is 13.9. The molecule has 2 bridgehead atoms. The van der Waals surface area contributed by atoms with Crippen LogP contribution in [0.3, 0.4) is 0 Å². The van der Waals surface area contributed by atoms with E-state index in [0.717, 1.165) is 64.0 Å². The fourth-order valence-corrected chi connectivity index (χ4v) is 4.27. The summed E-state index contributed by atoms with van der Waals surface area (Å²) >= 11 is 0. The van der Waals surface area contributed by atoms with E-state index in [1.54, 1.807) is 7.11 Å². The number of carbonyl (C=O) groups is 1. The summed E-state index contributed by atoms with van der Waals surface area (Å²) in [5, 5.41) is 0. The molecule has 0 N–H and O–H groups in total. The zero-order valence-electron chi connectivity index (χ0n) is 12.7. The zero-order valence-corrected chi connectivity index (χ0v) is 12.7. The fraction of sp³-hybridized carbons (Fsp3) is 0.938. The first-order chi connectivity index (χ1) is 9.76. The van der Waals surface area contributed by atoms with Crippen molar-refractivity contribution in [2.24, 2.45) is 17.8 Å². The second-order valence-corrected chi connectivity index (χ2v) is 6.90. The summed E-state index contributed by atoms with van der Waals surface area (Å²) < 4.78 is 5.13. The van der Waals surface area contributed by atoms with E-state index in [1.807, 2.05) is 0 Å². The van der Waals surface area contributed by atoms with E-state index in [-0.39, 0.29) is 5.92 Å². The van der Waals surface area contributed by atoms with Crippen LogP contribution < -0.4 is 0 Å². The fourth-order valence-electron chi connectivity index (χ4n) is 4.27. The van der Waals surface area contributed by atoms with Crippen molar-refractivity contribution in [2.75, 3.05) is 46.4 Å². The summed E-state index contributed by atoms with van der Waals surface area (Å²) in [4.78, 5) is 17.3. The Morgan fingerprint density at radius 1 is 1.10 bits per heavy atom. The molecular weight excluding hydrogens is 252 g/mol. The molecule has 3 aliphatic rings. The Balaban J connectivity index is 1.47. The first kappa shape index (κ1) is 14.3. The Hall–Kier alpha value is -0.610. The van der Waals surface area contributed by atoms with Gasteiger partial charge in [0.25, 0.3) is 0 Å². The number of piperidine rings is 2. The van der Waals surface area contributed by atoms with Crippen LogP contribution in [0, 0.1) is 17.8 Å². The lowest BCUT2D eigenvalue weighted by Crippen LogP contribution is -2.47. The number of fused-ring (bicyclic) bond motifs is 2. The van der Waals surface area contributed by atoms with Gasteiger partial charge < -0.3 is 14.5 Å². The lowest BCUT2D eigenvalue weighted by molar-refractivity contribution is -0.139. The van der Waals surface area contributed by atoms with Crippen LogP contribution in [-0.2, 0) is 9.53 Å². The average Bonchev–Trinajstić information content (AvgIpc) is 2.83. The van der Waals surface area contributed by atoms with Gasteiger partial charge in [0.05, 0.1) is 6.61 Å². The van der Waals surface area contributed by atoms with Crippen LogP contribution in [0.2, 0.25) is 0 Å². The maximum atomic E-state index is 12.7. The molecule has 1 saturated carbocycles. The number of hydrogen-bond acceptors (Lipinski definition) is 3. The van der Waals surface area contributed by atoms with Crippen molar-refractivity contribution in [1.29, 1.82) is 0 Å². The Bertz CT molecular complexity index is 327. The molecule has 2 aliphatic heterocycles. The number of nitrogens with zero attached hydrogens (tertiary/aromatic N) is 2. The molecule has 4 nitrogen and oxygen atoms in total. The van der Waals surface area contributed by atoms with Crippen molar-refractivity contribution < 1.29 is 9.53 Å². The van der Waals surface area contributed by atoms with Gasteiger partial charge in [-0.3, -0.25) is 4.79 Å². The quantitative estimate of drug-likeness (QED) is 0.784. The second-order valence-electron chi connectivity index (χ2n) is 6.90. The van der Waals surface area contributed by atoms with Crippen molar-refractivity contribution in [2.45, 2.75) is 32.1 Å². The summed E-state index contributed by atoms with van der Waals surface area (Å²) in [7, 11) is 1.75. The van der Waals surface area contributed by atoms with Crippen LogP contribution >= 0.6 is 0 Å². The second kappa shape index (κ2) is 6.44. The van der Waals surface area contributed by atoms with Gasteiger partial charge in [0.2, 0.25) is 5.91 Å². The summed E-state index contributed by atoms with van der Waals surface area (Å²) in [6.07, 6.45) is 6.15. The monoisotopic (exact) mass is 280 g/mol. The number of rotatable bonds is 4. The van der Waals surface area contributed by atoms with E-state index in [1.165, 1.54) is 19.3 Å². The highest BCUT2D eigenvalue weighted by Gasteiger charge is 2.37. The molecule has 1 amide bonds. The molecule has 0 aromatic heterocycles. The Kier molecular flexibility index (Phi) is 4.61. The number of amides is 1. The van der Waals surface area contributed by atoms with Crippen LogP contribution in [0.1, 0.15) is 32.1 Å². The molecule has 3 rings (SSSR count). The minimum Gasteiger partial charge on any atom is -0.383 e. The van der Waals surface area contributed by atoms with Gasteiger partial charge >= 0.3 is 0 Å². The largest absolute Gasteiger partial charge is 0.383 e. The van der Waals surface area contributed by atoms with Crippen molar-refractivity contribution in [3.05, 3.63) is 0 Å². The van der Waals surface area contributed by atoms with Crippen LogP contribution in [0.25, 0.3) is 0 Å². The predicted octanol–water partition coefficient (Wildman–Crippen LogP) is 1.60. The highest BCUT2D eigenvalue weighted by atomic mass is 16.5. The van der Waals surface area contributed by atoms with Gasteiger partial charge in [-0.15, -0.1) is 0 Å². The van der Waals surface area contributed by atoms with Crippen LogP contribution in [0.5, 0.6) is 0 Å². The van der Waals surface area contributed by atoms with E-state index in [0.29, 0.717) is 5.91 Å². The lowest BCUT2D eigenvalue weighted by Gasteiger charge is -2.37. The van der Waals surface area contributed by atoms with E-state index in [9.17, 15) is 4.79 Å². The molecule has 0 aromatic rings. The SMILES string of the molecule is COCCN1CCC(C(=O)N2C[C@@H]3CC[C@@H](C3)C2)CC1. The van der Waals surface area contributed by atoms with E-state index in [4.69, 9.17) is 4.74 Å². The predicted molar refractivity (Wildman–Crippen MR) is 78.5 cm³/mol.